The molecule has 0 atom stereocenters. The van der Waals surface area contributed by atoms with E-state index >= 15 is 8.78 Å². The van der Waals surface area contributed by atoms with E-state index in [0.717, 1.165) is 22.4 Å². The number of aromatic nitrogens is 3. The zero-order chi connectivity index (χ0) is 24.7. The van der Waals surface area contributed by atoms with Gasteiger partial charge in [-0.2, -0.15) is 0 Å². The molecular formula is C25H21F2N5O3. The third kappa shape index (κ3) is 3.72. The Morgan fingerprint density at radius 1 is 1.03 bits per heavy atom. The standard InChI is InChI=1S/C25H21F2N5O3/c1-31-22-14(12-29-24-17(22)10-16(30-24)8-7-15-6-4-5-9-28-15)13-32(25(31)33)23-20(26)18(34-2)11-19(35-3)21(23)27/h4-12H,13H2,1-3H3,(H,29,30). The van der Waals surface area contributed by atoms with Crippen molar-refractivity contribution in [2.24, 2.45) is 0 Å². The second-order valence-electron chi connectivity index (χ2n) is 7.89. The number of H-pyrrole nitrogens is 1. The summed E-state index contributed by atoms with van der Waals surface area (Å²) in [5.74, 6) is -2.45. The average Bonchev–Trinajstić information content (AvgIpc) is 3.29. The minimum absolute atomic E-state index is 0.0874. The van der Waals surface area contributed by atoms with Crippen LogP contribution in [0.3, 0.4) is 0 Å². The molecule has 1 aliphatic heterocycles. The van der Waals surface area contributed by atoms with Crippen molar-refractivity contribution in [1.29, 1.82) is 0 Å². The van der Waals surface area contributed by atoms with Gasteiger partial charge >= 0.3 is 6.03 Å². The van der Waals surface area contributed by atoms with E-state index < -0.39 is 23.4 Å². The molecule has 1 aliphatic rings. The van der Waals surface area contributed by atoms with Gasteiger partial charge in [-0.15, -0.1) is 0 Å². The number of halogens is 2. The van der Waals surface area contributed by atoms with E-state index in [1.165, 1.54) is 19.1 Å². The Kier molecular flexibility index (Phi) is 5.56. The molecule has 4 aromatic rings. The molecule has 1 N–H and O–H groups in total. The Morgan fingerprint density at radius 2 is 1.77 bits per heavy atom. The lowest BCUT2D eigenvalue weighted by Crippen LogP contribution is -2.46. The van der Waals surface area contributed by atoms with Crippen molar-refractivity contribution in [2.75, 3.05) is 31.1 Å². The van der Waals surface area contributed by atoms with Crippen LogP contribution in [0.1, 0.15) is 17.0 Å². The van der Waals surface area contributed by atoms with Crippen LogP contribution in [0.2, 0.25) is 0 Å². The van der Waals surface area contributed by atoms with E-state index in [-0.39, 0.29) is 18.0 Å². The number of anilines is 2. The average molecular weight is 477 g/mol. The van der Waals surface area contributed by atoms with Crippen LogP contribution in [0.4, 0.5) is 25.0 Å². The van der Waals surface area contributed by atoms with Gasteiger partial charge in [-0.3, -0.25) is 14.8 Å². The number of benzene rings is 1. The van der Waals surface area contributed by atoms with E-state index in [0.29, 0.717) is 22.3 Å². The van der Waals surface area contributed by atoms with E-state index in [4.69, 9.17) is 9.47 Å². The van der Waals surface area contributed by atoms with Crippen molar-refractivity contribution >= 4 is 40.6 Å². The summed E-state index contributed by atoms with van der Waals surface area (Å²) in [5.41, 5.74) is 2.83. The predicted octanol–water partition coefficient (Wildman–Crippen LogP) is 5.00. The monoisotopic (exact) mass is 477 g/mol. The van der Waals surface area contributed by atoms with E-state index in [1.807, 2.05) is 36.4 Å². The van der Waals surface area contributed by atoms with E-state index in [2.05, 4.69) is 15.0 Å². The Morgan fingerprint density at radius 3 is 2.43 bits per heavy atom. The van der Waals surface area contributed by atoms with Crippen molar-refractivity contribution in [1.82, 2.24) is 15.0 Å². The summed E-state index contributed by atoms with van der Waals surface area (Å²) in [6.07, 6.45) is 7.01. The summed E-state index contributed by atoms with van der Waals surface area (Å²) in [6, 6.07) is 7.98. The first-order valence-corrected chi connectivity index (χ1v) is 10.7. The number of hydrogen-bond acceptors (Lipinski definition) is 5. The SMILES string of the molecule is COc1cc(OC)c(F)c(N2Cc3cnc4[nH]c(C=Cc5ccccn5)cc4c3N(C)C2=O)c1F. The number of hydrogen-bond donors (Lipinski definition) is 1. The Bertz CT molecular complexity index is 1440. The largest absolute Gasteiger partial charge is 0.493 e. The molecule has 0 radical (unpaired) electrons. The van der Waals surface area contributed by atoms with Gasteiger partial charge in [0.2, 0.25) is 0 Å². The van der Waals surface area contributed by atoms with Crippen molar-refractivity contribution in [3.63, 3.8) is 0 Å². The van der Waals surface area contributed by atoms with Gasteiger partial charge in [0.1, 0.15) is 11.3 Å². The quantitative estimate of drug-likeness (QED) is 0.437. The number of nitrogens with zero attached hydrogens (tertiary/aromatic N) is 4. The second-order valence-corrected chi connectivity index (χ2v) is 7.89. The van der Waals surface area contributed by atoms with Crippen LogP contribution in [0.5, 0.6) is 11.5 Å². The lowest BCUT2D eigenvalue weighted by atomic mass is 10.1. The summed E-state index contributed by atoms with van der Waals surface area (Å²) in [4.78, 5) is 27.6. The van der Waals surface area contributed by atoms with Gasteiger partial charge in [0.05, 0.1) is 32.1 Å². The van der Waals surface area contributed by atoms with Crippen LogP contribution in [-0.4, -0.2) is 42.3 Å². The Hall–Kier alpha value is -4.47. The molecule has 0 aliphatic carbocycles. The lowest BCUT2D eigenvalue weighted by Gasteiger charge is -2.35. The van der Waals surface area contributed by atoms with Gasteiger partial charge in [-0.25, -0.2) is 18.6 Å². The fraction of sp³-hybridized carbons (Fsp3) is 0.160. The highest BCUT2D eigenvalue weighted by atomic mass is 19.1. The van der Waals surface area contributed by atoms with Crippen molar-refractivity contribution in [2.45, 2.75) is 6.54 Å². The molecule has 2 amide bonds. The number of rotatable bonds is 5. The minimum Gasteiger partial charge on any atom is -0.493 e. The molecule has 35 heavy (non-hydrogen) atoms. The number of pyridine rings is 2. The zero-order valence-corrected chi connectivity index (χ0v) is 19.2. The summed E-state index contributed by atoms with van der Waals surface area (Å²) >= 11 is 0. The maximum atomic E-state index is 15.1. The van der Waals surface area contributed by atoms with Crippen LogP contribution >= 0.6 is 0 Å². The first-order chi connectivity index (χ1) is 16.9. The number of nitrogens with one attached hydrogen (secondary N) is 1. The predicted molar refractivity (Wildman–Crippen MR) is 129 cm³/mol. The third-order valence-electron chi connectivity index (χ3n) is 5.85. The number of carbonyl (C=O) groups is 1. The Balaban J connectivity index is 1.57. The first kappa shape index (κ1) is 22.3. The molecule has 0 saturated heterocycles. The first-order valence-electron chi connectivity index (χ1n) is 10.7. The second kappa shape index (κ2) is 8.71. The normalized spacial score (nSPS) is 13.6. The third-order valence-corrected chi connectivity index (χ3v) is 5.85. The van der Waals surface area contributed by atoms with Crippen LogP contribution in [0.25, 0.3) is 23.2 Å². The molecule has 0 bridgehead atoms. The number of aromatic amines is 1. The number of urea groups is 1. The molecule has 3 aromatic heterocycles. The number of fused-ring (bicyclic) bond motifs is 3. The van der Waals surface area contributed by atoms with Crippen LogP contribution < -0.4 is 19.3 Å². The summed E-state index contributed by atoms with van der Waals surface area (Å²) in [7, 11) is 4.06. The fourth-order valence-corrected chi connectivity index (χ4v) is 4.17. The zero-order valence-electron chi connectivity index (χ0n) is 19.2. The number of amides is 2. The number of carbonyl (C=O) groups excluding carboxylic acids is 1. The molecule has 8 nitrogen and oxygen atoms in total. The molecule has 178 valence electrons. The molecule has 10 heteroatoms. The lowest BCUT2D eigenvalue weighted by molar-refractivity contribution is 0.250. The van der Waals surface area contributed by atoms with E-state index in [9.17, 15) is 4.79 Å². The fourth-order valence-electron chi connectivity index (χ4n) is 4.17. The highest BCUT2D eigenvalue weighted by Crippen LogP contribution is 2.42. The van der Waals surface area contributed by atoms with Crippen molar-refractivity contribution in [3.8, 4) is 11.5 Å². The maximum absolute atomic E-state index is 15.1. The molecule has 5 rings (SSSR count). The van der Waals surface area contributed by atoms with Gasteiger partial charge in [0.25, 0.3) is 0 Å². The molecule has 0 spiro atoms. The molecule has 0 saturated carbocycles. The molecule has 0 fully saturated rings. The van der Waals surface area contributed by atoms with Gasteiger partial charge < -0.3 is 14.5 Å². The van der Waals surface area contributed by atoms with Gasteiger partial charge in [0.15, 0.2) is 23.1 Å². The molecular weight excluding hydrogens is 456 g/mol. The highest BCUT2D eigenvalue weighted by molar-refractivity contribution is 6.11. The van der Waals surface area contributed by atoms with E-state index in [1.54, 1.807) is 19.4 Å². The summed E-state index contributed by atoms with van der Waals surface area (Å²) in [6.45, 7) is -0.0874. The molecule has 0 unspecified atom stereocenters. The molecule has 4 heterocycles. The minimum atomic E-state index is -0.992. The van der Waals surface area contributed by atoms with Crippen LogP contribution in [0.15, 0.2) is 42.7 Å². The Labute approximate surface area is 199 Å². The molecule has 1 aromatic carbocycles. The number of methoxy groups -OCH3 is 2. The van der Waals surface area contributed by atoms with Crippen molar-refractivity contribution in [3.05, 3.63) is 71.3 Å². The summed E-state index contributed by atoms with van der Waals surface area (Å²) in [5, 5.41) is 0.711. The van der Waals surface area contributed by atoms with Crippen LogP contribution in [0, 0.1) is 11.6 Å². The van der Waals surface area contributed by atoms with Crippen LogP contribution in [-0.2, 0) is 6.54 Å². The van der Waals surface area contributed by atoms with Gasteiger partial charge in [0, 0.05) is 42.2 Å². The van der Waals surface area contributed by atoms with Gasteiger partial charge in [-0.1, -0.05) is 6.07 Å². The maximum Gasteiger partial charge on any atom is 0.329 e. The number of ether oxygens (including phenoxy) is 2. The smallest absolute Gasteiger partial charge is 0.329 e. The van der Waals surface area contributed by atoms with Crippen molar-refractivity contribution < 1.29 is 23.0 Å². The topological polar surface area (TPSA) is 83.6 Å². The highest BCUT2D eigenvalue weighted by Gasteiger charge is 2.36. The summed E-state index contributed by atoms with van der Waals surface area (Å²) < 4.78 is 40.3. The van der Waals surface area contributed by atoms with Gasteiger partial charge in [-0.05, 0) is 30.4 Å².